The number of esters is 1. The van der Waals surface area contributed by atoms with Gasteiger partial charge in [0.1, 0.15) is 0 Å². The quantitative estimate of drug-likeness (QED) is 0.724. The summed E-state index contributed by atoms with van der Waals surface area (Å²) in [5.74, 6) is -0.672. The molecule has 2 heterocycles. The number of hydrogen-bond donors (Lipinski definition) is 2. The molecule has 7 nitrogen and oxygen atoms in total. The number of aromatic nitrogens is 2. The molecular formula is C20H21F3N4O3. The van der Waals surface area contributed by atoms with E-state index < -0.39 is 29.9 Å². The minimum atomic E-state index is -4.60. The Morgan fingerprint density at radius 1 is 1.27 bits per heavy atom. The Morgan fingerprint density at radius 3 is 2.63 bits per heavy atom. The number of carbonyl (C=O) groups excluding carboxylic acids is 2. The van der Waals surface area contributed by atoms with Crippen LogP contribution in [0.3, 0.4) is 0 Å². The molecule has 1 atom stereocenters. The number of benzene rings is 1. The minimum absolute atomic E-state index is 0.100. The van der Waals surface area contributed by atoms with Crippen molar-refractivity contribution in [3.05, 3.63) is 64.1 Å². The van der Waals surface area contributed by atoms with Gasteiger partial charge in [0, 0.05) is 6.20 Å². The van der Waals surface area contributed by atoms with Crippen LogP contribution in [-0.4, -0.2) is 28.4 Å². The second-order valence-corrected chi connectivity index (χ2v) is 6.90. The van der Waals surface area contributed by atoms with Crippen LogP contribution >= 0.6 is 0 Å². The molecule has 0 saturated carbocycles. The number of alkyl halides is 3. The van der Waals surface area contributed by atoms with Gasteiger partial charge in [-0.2, -0.15) is 18.3 Å². The van der Waals surface area contributed by atoms with Gasteiger partial charge in [-0.15, -0.1) is 0 Å². The predicted molar refractivity (Wildman–Crippen MR) is 101 cm³/mol. The number of hydrogen-bond acceptors (Lipinski definition) is 4. The van der Waals surface area contributed by atoms with Gasteiger partial charge in [-0.1, -0.05) is 23.8 Å². The number of aryl methyl sites for hydroxylation is 2. The van der Waals surface area contributed by atoms with Crippen LogP contribution in [0.4, 0.5) is 18.0 Å². The summed E-state index contributed by atoms with van der Waals surface area (Å²) >= 11 is 0. The highest BCUT2D eigenvalue weighted by atomic mass is 19.4. The zero-order valence-electron chi connectivity index (χ0n) is 16.6. The smallest absolute Gasteiger partial charge is 0.435 e. The molecule has 0 radical (unpaired) electrons. The second kappa shape index (κ2) is 8.21. The average Bonchev–Trinajstić information content (AvgIpc) is 3.12. The van der Waals surface area contributed by atoms with Gasteiger partial charge in [-0.25, -0.2) is 9.59 Å². The second-order valence-electron chi connectivity index (χ2n) is 6.90. The highest BCUT2D eigenvalue weighted by Gasteiger charge is 2.36. The molecule has 0 saturated heterocycles. The van der Waals surface area contributed by atoms with Gasteiger partial charge in [0.05, 0.1) is 30.5 Å². The van der Waals surface area contributed by atoms with Crippen molar-refractivity contribution in [1.82, 2.24) is 20.4 Å². The fraction of sp³-hybridized carbons (Fsp3) is 0.350. The lowest BCUT2D eigenvalue weighted by molar-refractivity contribution is -0.141. The van der Waals surface area contributed by atoms with Crippen LogP contribution in [0, 0.1) is 13.8 Å². The molecule has 1 aliphatic heterocycles. The Labute approximate surface area is 170 Å². The lowest BCUT2D eigenvalue weighted by atomic mass is 9.91. The SMILES string of the molecule is CCOC(=O)C1=C(Cn2ccc(C(F)(F)F)n2)NC(=O)N[C@@H]1c1cc(C)ccc1C. The van der Waals surface area contributed by atoms with E-state index in [9.17, 15) is 22.8 Å². The first-order valence-corrected chi connectivity index (χ1v) is 9.25. The minimum Gasteiger partial charge on any atom is -0.463 e. The topological polar surface area (TPSA) is 85.2 Å². The van der Waals surface area contributed by atoms with Gasteiger partial charge in [0.2, 0.25) is 0 Å². The molecule has 1 aliphatic rings. The van der Waals surface area contributed by atoms with Crippen molar-refractivity contribution in [2.24, 2.45) is 0 Å². The summed E-state index contributed by atoms with van der Waals surface area (Å²) in [6.07, 6.45) is -3.46. The van der Waals surface area contributed by atoms with E-state index in [4.69, 9.17) is 4.74 Å². The van der Waals surface area contributed by atoms with Crippen LogP contribution in [-0.2, 0) is 22.3 Å². The van der Waals surface area contributed by atoms with Crippen LogP contribution in [0.5, 0.6) is 0 Å². The fourth-order valence-corrected chi connectivity index (χ4v) is 3.26. The zero-order chi connectivity index (χ0) is 22.1. The molecule has 0 spiro atoms. The van der Waals surface area contributed by atoms with E-state index >= 15 is 0 Å². The van der Waals surface area contributed by atoms with Crippen LogP contribution < -0.4 is 10.6 Å². The fourth-order valence-electron chi connectivity index (χ4n) is 3.26. The molecule has 2 aromatic rings. The first-order valence-electron chi connectivity index (χ1n) is 9.25. The molecule has 0 bridgehead atoms. The molecule has 2 N–H and O–H groups in total. The number of amides is 2. The molecule has 0 aliphatic carbocycles. The van der Waals surface area contributed by atoms with Gasteiger partial charge in [-0.3, -0.25) is 4.68 Å². The molecule has 3 rings (SSSR count). The van der Waals surface area contributed by atoms with Gasteiger partial charge in [-0.05, 0) is 38.0 Å². The molecule has 0 unspecified atom stereocenters. The largest absolute Gasteiger partial charge is 0.463 e. The number of nitrogens with zero attached hydrogens (tertiary/aromatic N) is 2. The number of halogens is 3. The predicted octanol–water partition coefficient (Wildman–Crippen LogP) is 3.39. The van der Waals surface area contributed by atoms with Gasteiger partial charge < -0.3 is 15.4 Å². The Kier molecular flexibility index (Phi) is 5.86. The Balaban J connectivity index is 2.08. The number of urea groups is 1. The Hall–Kier alpha value is -3.30. The Bertz CT molecular complexity index is 1010. The lowest BCUT2D eigenvalue weighted by Gasteiger charge is -2.30. The van der Waals surface area contributed by atoms with E-state index in [2.05, 4.69) is 15.7 Å². The van der Waals surface area contributed by atoms with Crippen molar-refractivity contribution in [3.63, 3.8) is 0 Å². The highest BCUT2D eigenvalue weighted by molar-refractivity contribution is 5.95. The third-order valence-corrected chi connectivity index (χ3v) is 4.65. The van der Waals surface area contributed by atoms with E-state index in [-0.39, 0.29) is 24.4 Å². The van der Waals surface area contributed by atoms with Crippen LogP contribution in [0.15, 0.2) is 41.7 Å². The number of nitrogens with one attached hydrogen (secondary N) is 2. The maximum absolute atomic E-state index is 12.9. The third kappa shape index (κ3) is 4.47. The van der Waals surface area contributed by atoms with Crippen LogP contribution in [0.2, 0.25) is 0 Å². The first kappa shape index (κ1) is 21.4. The Morgan fingerprint density at radius 2 is 2.00 bits per heavy atom. The van der Waals surface area contributed by atoms with Crippen molar-refractivity contribution < 1.29 is 27.5 Å². The van der Waals surface area contributed by atoms with E-state index in [1.54, 1.807) is 6.92 Å². The molecule has 10 heteroatoms. The number of carbonyl (C=O) groups is 2. The normalized spacial score (nSPS) is 16.9. The monoisotopic (exact) mass is 422 g/mol. The molecule has 2 amide bonds. The van der Waals surface area contributed by atoms with E-state index in [1.165, 1.54) is 0 Å². The standard InChI is InChI=1S/C20H21F3N4O3/c1-4-30-18(28)16-14(10-27-8-7-15(26-27)20(21,22)23)24-19(29)25-17(16)13-9-11(2)5-6-12(13)3/h5-9,17H,4,10H2,1-3H3,(H2,24,25,29)/t17-/m1/s1. The summed E-state index contributed by atoms with van der Waals surface area (Å²) in [4.78, 5) is 25.1. The summed E-state index contributed by atoms with van der Waals surface area (Å²) in [7, 11) is 0. The van der Waals surface area contributed by atoms with E-state index in [0.717, 1.165) is 28.1 Å². The summed E-state index contributed by atoms with van der Waals surface area (Å²) in [6, 6.07) is 5.05. The van der Waals surface area contributed by atoms with Gasteiger partial charge >= 0.3 is 18.2 Å². The zero-order valence-corrected chi connectivity index (χ0v) is 16.6. The lowest BCUT2D eigenvalue weighted by Crippen LogP contribution is -2.47. The average molecular weight is 422 g/mol. The van der Waals surface area contributed by atoms with Crippen molar-refractivity contribution in [1.29, 1.82) is 0 Å². The summed E-state index contributed by atoms with van der Waals surface area (Å²) in [5.41, 5.74) is 1.64. The molecule has 1 aromatic heterocycles. The van der Waals surface area contributed by atoms with Crippen molar-refractivity contribution in [3.8, 4) is 0 Å². The van der Waals surface area contributed by atoms with Gasteiger partial charge in [0.25, 0.3) is 0 Å². The maximum Gasteiger partial charge on any atom is 0.435 e. The van der Waals surface area contributed by atoms with E-state index in [0.29, 0.717) is 5.56 Å². The third-order valence-electron chi connectivity index (χ3n) is 4.65. The van der Waals surface area contributed by atoms with Crippen molar-refractivity contribution in [2.75, 3.05) is 6.61 Å². The van der Waals surface area contributed by atoms with Gasteiger partial charge in [0.15, 0.2) is 5.69 Å². The summed E-state index contributed by atoms with van der Waals surface area (Å²) < 4.78 is 44.8. The number of rotatable bonds is 5. The van der Waals surface area contributed by atoms with E-state index in [1.807, 2.05) is 32.0 Å². The summed E-state index contributed by atoms with van der Waals surface area (Å²) in [6.45, 7) is 5.22. The number of ether oxygens (including phenoxy) is 1. The van der Waals surface area contributed by atoms with Crippen LogP contribution in [0.25, 0.3) is 0 Å². The summed E-state index contributed by atoms with van der Waals surface area (Å²) in [5, 5.41) is 8.74. The van der Waals surface area contributed by atoms with Crippen molar-refractivity contribution in [2.45, 2.75) is 39.5 Å². The maximum atomic E-state index is 12.9. The van der Waals surface area contributed by atoms with Crippen LogP contribution in [0.1, 0.15) is 35.3 Å². The highest BCUT2D eigenvalue weighted by Crippen LogP contribution is 2.31. The first-order chi connectivity index (χ1) is 14.1. The van der Waals surface area contributed by atoms with Crippen molar-refractivity contribution >= 4 is 12.0 Å². The molecule has 1 aromatic carbocycles. The molecule has 30 heavy (non-hydrogen) atoms. The molecule has 160 valence electrons. The molecule has 0 fully saturated rings. The number of allylic oxidation sites excluding steroid dienone is 1. The molecular weight excluding hydrogens is 401 g/mol.